The van der Waals surface area contributed by atoms with Gasteiger partial charge in [0.15, 0.2) is 0 Å². The third kappa shape index (κ3) is 8.29. The van der Waals surface area contributed by atoms with Crippen molar-refractivity contribution in [3.63, 3.8) is 0 Å². The molecule has 10 heteroatoms. The first-order valence-corrected chi connectivity index (χ1v) is 14.4. The molecule has 7 nitrogen and oxygen atoms in total. The van der Waals surface area contributed by atoms with Gasteiger partial charge in [-0.3, -0.25) is 13.9 Å². The molecule has 0 fully saturated rings. The minimum atomic E-state index is -3.91. The molecule has 0 radical (unpaired) electrons. The van der Waals surface area contributed by atoms with Crippen LogP contribution in [-0.2, 0) is 32.6 Å². The Morgan fingerprint density at radius 3 is 2.16 bits per heavy atom. The van der Waals surface area contributed by atoms with Gasteiger partial charge in [-0.1, -0.05) is 61.0 Å². The standard InChI is InChI=1S/C28H31ClFN3O4S/c1-3-17-31-28(35)26(18-21-7-5-4-6-8-21)32(19-22-9-11-23(29)12-10-22)27(34)20-33(38(2,36)37)25-15-13-24(30)14-16-25/h4-16,26H,3,17-20H2,1-2H3,(H,31,35)/t26-/m1/s1. The van der Waals surface area contributed by atoms with Gasteiger partial charge in [0, 0.05) is 24.5 Å². The fraction of sp³-hybridized carbons (Fsp3) is 0.286. The van der Waals surface area contributed by atoms with Crippen LogP contribution in [0.5, 0.6) is 0 Å². The Kier molecular flexibility index (Phi) is 10.3. The molecule has 3 rings (SSSR count). The molecule has 1 N–H and O–H groups in total. The zero-order valence-electron chi connectivity index (χ0n) is 21.3. The highest BCUT2D eigenvalue weighted by atomic mass is 35.5. The number of amides is 2. The molecule has 0 aliphatic heterocycles. The number of sulfonamides is 1. The van der Waals surface area contributed by atoms with Crippen LogP contribution in [0.2, 0.25) is 5.02 Å². The molecular formula is C28H31ClFN3O4S. The van der Waals surface area contributed by atoms with Gasteiger partial charge in [0.2, 0.25) is 21.8 Å². The lowest BCUT2D eigenvalue weighted by Gasteiger charge is -2.33. The van der Waals surface area contributed by atoms with Crippen molar-refractivity contribution in [3.05, 3.63) is 101 Å². The molecule has 38 heavy (non-hydrogen) atoms. The lowest BCUT2D eigenvalue weighted by molar-refractivity contribution is -0.140. The van der Waals surface area contributed by atoms with Crippen molar-refractivity contribution in [2.45, 2.75) is 32.4 Å². The second-order valence-electron chi connectivity index (χ2n) is 8.89. The molecule has 1 atom stereocenters. The second kappa shape index (κ2) is 13.4. The molecule has 0 saturated carbocycles. The van der Waals surface area contributed by atoms with Crippen molar-refractivity contribution in [1.82, 2.24) is 10.2 Å². The number of nitrogens with one attached hydrogen (secondary N) is 1. The molecule has 0 aliphatic rings. The van der Waals surface area contributed by atoms with Gasteiger partial charge in [0.25, 0.3) is 0 Å². The number of nitrogens with zero attached hydrogens (tertiary/aromatic N) is 2. The van der Waals surface area contributed by atoms with Gasteiger partial charge >= 0.3 is 0 Å². The quantitative estimate of drug-likeness (QED) is 0.356. The highest BCUT2D eigenvalue weighted by molar-refractivity contribution is 7.92. The van der Waals surface area contributed by atoms with E-state index in [-0.39, 0.29) is 24.6 Å². The Morgan fingerprint density at radius 1 is 0.947 bits per heavy atom. The van der Waals surface area contributed by atoms with Gasteiger partial charge < -0.3 is 10.2 Å². The highest BCUT2D eigenvalue weighted by Crippen LogP contribution is 2.21. The number of anilines is 1. The Balaban J connectivity index is 2.02. The zero-order chi connectivity index (χ0) is 27.7. The van der Waals surface area contributed by atoms with E-state index in [9.17, 15) is 22.4 Å². The maximum absolute atomic E-state index is 13.9. The molecule has 2 amide bonds. The van der Waals surface area contributed by atoms with Gasteiger partial charge in [-0.2, -0.15) is 0 Å². The third-order valence-corrected chi connectivity index (χ3v) is 7.27. The van der Waals surface area contributed by atoms with E-state index in [0.717, 1.165) is 33.8 Å². The Bertz CT molecular complexity index is 1320. The van der Waals surface area contributed by atoms with E-state index >= 15 is 0 Å². The first kappa shape index (κ1) is 29.1. The van der Waals surface area contributed by atoms with Gasteiger partial charge in [0.05, 0.1) is 11.9 Å². The molecular weight excluding hydrogens is 529 g/mol. The number of halogens is 2. The van der Waals surface area contributed by atoms with Crippen molar-refractivity contribution in [2.24, 2.45) is 0 Å². The molecule has 0 heterocycles. The van der Waals surface area contributed by atoms with Crippen LogP contribution in [0.1, 0.15) is 24.5 Å². The summed E-state index contributed by atoms with van der Waals surface area (Å²) in [6.07, 6.45) is 1.91. The zero-order valence-corrected chi connectivity index (χ0v) is 22.9. The number of hydrogen-bond acceptors (Lipinski definition) is 4. The van der Waals surface area contributed by atoms with Crippen LogP contribution < -0.4 is 9.62 Å². The summed E-state index contributed by atoms with van der Waals surface area (Å²) in [5.74, 6) is -1.46. The maximum Gasteiger partial charge on any atom is 0.244 e. The number of benzene rings is 3. The van der Waals surface area contributed by atoms with E-state index in [4.69, 9.17) is 11.6 Å². The lowest BCUT2D eigenvalue weighted by atomic mass is 10.0. The second-order valence-corrected chi connectivity index (χ2v) is 11.2. The summed E-state index contributed by atoms with van der Waals surface area (Å²) >= 11 is 6.04. The van der Waals surface area contributed by atoms with Crippen molar-refractivity contribution >= 4 is 39.1 Å². The normalized spacial score (nSPS) is 12.0. The van der Waals surface area contributed by atoms with Gasteiger partial charge in [0.1, 0.15) is 18.4 Å². The van der Waals surface area contributed by atoms with Crippen molar-refractivity contribution in [3.8, 4) is 0 Å². The fourth-order valence-electron chi connectivity index (χ4n) is 3.93. The largest absolute Gasteiger partial charge is 0.354 e. The average molecular weight is 560 g/mol. The summed E-state index contributed by atoms with van der Waals surface area (Å²) in [5.41, 5.74) is 1.71. The highest BCUT2D eigenvalue weighted by Gasteiger charge is 2.32. The van der Waals surface area contributed by atoms with E-state index in [0.29, 0.717) is 18.0 Å². The monoisotopic (exact) mass is 559 g/mol. The topological polar surface area (TPSA) is 86.8 Å². The molecule has 0 aliphatic carbocycles. The smallest absolute Gasteiger partial charge is 0.244 e. The first-order chi connectivity index (χ1) is 18.1. The van der Waals surface area contributed by atoms with Crippen LogP contribution in [0.3, 0.4) is 0 Å². The molecule has 202 valence electrons. The number of hydrogen-bond donors (Lipinski definition) is 1. The van der Waals surface area contributed by atoms with E-state index in [2.05, 4.69) is 5.32 Å². The summed E-state index contributed by atoms with van der Waals surface area (Å²) in [6.45, 7) is 1.84. The van der Waals surface area contributed by atoms with Crippen LogP contribution in [0.15, 0.2) is 78.9 Å². The summed E-state index contributed by atoms with van der Waals surface area (Å²) in [6, 6.07) is 20.1. The van der Waals surface area contributed by atoms with Gasteiger partial charge in [-0.05, 0) is 53.9 Å². The molecule has 0 spiro atoms. The fourth-order valence-corrected chi connectivity index (χ4v) is 4.90. The Morgan fingerprint density at radius 2 is 1.58 bits per heavy atom. The van der Waals surface area contributed by atoms with Crippen LogP contribution >= 0.6 is 11.6 Å². The maximum atomic E-state index is 13.9. The molecule has 0 aromatic heterocycles. The van der Waals surface area contributed by atoms with Crippen LogP contribution in [0.25, 0.3) is 0 Å². The van der Waals surface area contributed by atoms with E-state index in [1.165, 1.54) is 17.0 Å². The van der Waals surface area contributed by atoms with E-state index in [1.54, 1.807) is 24.3 Å². The molecule has 0 bridgehead atoms. The van der Waals surface area contributed by atoms with Crippen molar-refractivity contribution in [2.75, 3.05) is 23.7 Å². The van der Waals surface area contributed by atoms with E-state index in [1.807, 2.05) is 37.3 Å². The van der Waals surface area contributed by atoms with Crippen LogP contribution in [0, 0.1) is 5.82 Å². The number of carbonyl (C=O) groups excluding carboxylic acids is 2. The third-order valence-electron chi connectivity index (χ3n) is 5.88. The molecule has 3 aromatic carbocycles. The summed E-state index contributed by atoms with van der Waals surface area (Å²) in [4.78, 5) is 28.6. The van der Waals surface area contributed by atoms with Gasteiger partial charge in [-0.15, -0.1) is 0 Å². The van der Waals surface area contributed by atoms with Crippen molar-refractivity contribution < 1.29 is 22.4 Å². The average Bonchev–Trinajstić information content (AvgIpc) is 2.89. The predicted octanol–water partition coefficient (Wildman–Crippen LogP) is 4.41. The predicted molar refractivity (Wildman–Crippen MR) is 148 cm³/mol. The molecule has 0 unspecified atom stereocenters. The molecule has 3 aromatic rings. The van der Waals surface area contributed by atoms with Crippen LogP contribution in [0.4, 0.5) is 10.1 Å². The Labute approximate surface area is 228 Å². The van der Waals surface area contributed by atoms with E-state index < -0.39 is 34.3 Å². The summed E-state index contributed by atoms with van der Waals surface area (Å²) in [5, 5.41) is 3.40. The van der Waals surface area contributed by atoms with Crippen molar-refractivity contribution in [1.29, 1.82) is 0 Å². The lowest BCUT2D eigenvalue weighted by Crippen LogP contribution is -2.53. The van der Waals surface area contributed by atoms with Crippen LogP contribution in [-0.4, -0.2) is 50.5 Å². The summed E-state index contributed by atoms with van der Waals surface area (Å²) in [7, 11) is -3.91. The first-order valence-electron chi connectivity index (χ1n) is 12.2. The minimum Gasteiger partial charge on any atom is -0.354 e. The SMILES string of the molecule is CCCNC(=O)[C@@H](Cc1ccccc1)N(Cc1ccc(Cl)cc1)C(=O)CN(c1ccc(F)cc1)S(C)(=O)=O. The minimum absolute atomic E-state index is 0.0497. The number of carbonyl (C=O) groups is 2. The summed E-state index contributed by atoms with van der Waals surface area (Å²) < 4.78 is 39.8. The number of rotatable bonds is 12. The molecule has 0 saturated heterocycles. The Hall–Kier alpha value is -3.43. The van der Waals surface area contributed by atoms with Gasteiger partial charge in [-0.25, -0.2) is 12.8 Å².